The van der Waals surface area contributed by atoms with Gasteiger partial charge in [-0.1, -0.05) is 6.42 Å². The average Bonchev–Trinajstić information content (AvgIpc) is 2.38. The lowest BCUT2D eigenvalue weighted by Crippen LogP contribution is -2.37. The second-order valence-corrected chi connectivity index (χ2v) is 7.42. The number of piperidine rings is 1. The zero-order valence-electron chi connectivity index (χ0n) is 11.4. The fraction of sp³-hybridized carbons (Fsp3) is 0.571. The molecule has 1 unspecified atom stereocenters. The van der Waals surface area contributed by atoms with Crippen molar-refractivity contribution in [3.05, 3.63) is 24.3 Å². The van der Waals surface area contributed by atoms with E-state index in [0.29, 0.717) is 23.0 Å². The predicted octanol–water partition coefficient (Wildman–Crippen LogP) is 1.92. The van der Waals surface area contributed by atoms with Gasteiger partial charge in [0.1, 0.15) is 0 Å². The van der Waals surface area contributed by atoms with Crippen LogP contribution in [0.3, 0.4) is 0 Å². The fourth-order valence-electron chi connectivity index (χ4n) is 2.59. The summed E-state index contributed by atoms with van der Waals surface area (Å²) >= 11 is 0. The lowest BCUT2D eigenvalue weighted by Gasteiger charge is -2.32. The van der Waals surface area contributed by atoms with E-state index in [4.69, 9.17) is 5.73 Å². The Bertz CT molecular complexity index is 511. The van der Waals surface area contributed by atoms with Crippen LogP contribution in [0.5, 0.6) is 0 Å². The summed E-state index contributed by atoms with van der Waals surface area (Å²) in [5.74, 6) is 0.214. The summed E-state index contributed by atoms with van der Waals surface area (Å²) in [6, 6.07) is 6.86. The third-order valence-electron chi connectivity index (χ3n) is 3.88. The Morgan fingerprint density at radius 1 is 1.26 bits per heavy atom. The Morgan fingerprint density at radius 2 is 1.95 bits per heavy atom. The minimum Gasteiger partial charge on any atom is -0.399 e. The van der Waals surface area contributed by atoms with Crippen LogP contribution in [-0.4, -0.2) is 38.7 Å². The molecule has 5 heteroatoms. The van der Waals surface area contributed by atoms with Crippen molar-refractivity contribution in [1.82, 2.24) is 4.90 Å². The van der Waals surface area contributed by atoms with Crippen molar-refractivity contribution >= 4 is 15.5 Å². The first kappa shape index (κ1) is 14.3. The molecule has 1 heterocycles. The van der Waals surface area contributed by atoms with Crippen molar-refractivity contribution < 1.29 is 8.42 Å². The zero-order chi connectivity index (χ0) is 13.9. The highest BCUT2D eigenvalue weighted by molar-refractivity contribution is 7.91. The monoisotopic (exact) mass is 282 g/mol. The topological polar surface area (TPSA) is 63.4 Å². The maximum absolute atomic E-state index is 12.2. The van der Waals surface area contributed by atoms with Gasteiger partial charge in [0.25, 0.3) is 0 Å². The molecule has 2 N–H and O–H groups in total. The third kappa shape index (κ3) is 3.70. The van der Waals surface area contributed by atoms with Crippen LogP contribution in [0.15, 0.2) is 29.2 Å². The molecule has 4 nitrogen and oxygen atoms in total. The largest absolute Gasteiger partial charge is 0.399 e. The Morgan fingerprint density at radius 3 is 2.58 bits per heavy atom. The number of anilines is 1. The van der Waals surface area contributed by atoms with Crippen molar-refractivity contribution in [3.8, 4) is 0 Å². The highest BCUT2D eigenvalue weighted by Gasteiger charge is 2.22. The van der Waals surface area contributed by atoms with Crippen LogP contribution in [-0.2, 0) is 9.84 Å². The number of sulfone groups is 1. The maximum atomic E-state index is 12.2. The zero-order valence-corrected chi connectivity index (χ0v) is 12.2. The van der Waals surface area contributed by atoms with E-state index in [-0.39, 0.29) is 5.75 Å². The molecule has 0 aliphatic carbocycles. The molecule has 1 aromatic carbocycles. The third-order valence-corrected chi connectivity index (χ3v) is 5.64. The molecule has 0 spiro atoms. The molecule has 19 heavy (non-hydrogen) atoms. The first-order chi connectivity index (χ1) is 8.99. The quantitative estimate of drug-likeness (QED) is 0.857. The van der Waals surface area contributed by atoms with Gasteiger partial charge in [0.2, 0.25) is 0 Å². The van der Waals surface area contributed by atoms with E-state index in [0.717, 1.165) is 13.0 Å². The molecule has 1 saturated heterocycles. The Labute approximate surface area is 115 Å². The van der Waals surface area contributed by atoms with Gasteiger partial charge in [-0.15, -0.1) is 0 Å². The second kappa shape index (κ2) is 5.92. The molecule has 1 aliphatic heterocycles. The molecule has 1 fully saturated rings. The summed E-state index contributed by atoms with van der Waals surface area (Å²) < 4.78 is 24.5. The van der Waals surface area contributed by atoms with Crippen LogP contribution in [0.1, 0.15) is 25.7 Å². The standard InChI is InChI=1S/C14H22N2O2S/c1-16-10-3-2-4-13(16)9-11-19(17,18)14-7-5-12(15)6-8-14/h5-8,13H,2-4,9-11,15H2,1H3. The number of hydrogen-bond acceptors (Lipinski definition) is 4. The first-order valence-electron chi connectivity index (χ1n) is 6.77. The number of rotatable bonds is 4. The van der Waals surface area contributed by atoms with Crippen LogP contribution in [0, 0.1) is 0 Å². The highest BCUT2D eigenvalue weighted by atomic mass is 32.2. The number of hydrogen-bond donors (Lipinski definition) is 1. The van der Waals surface area contributed by atoms with Crippen molar-refractivity contribution in [2.24, 2.45) is 0 Å². The van der Waals surface area contributed by atoms with Crippen molar-refractivity contribution in [2.45, 2.75) is 36.6 Å². The normalized spacial score (nSPS) is 21.4. The lowest BCUT2D eigenvalue weighted by atomic mass is 10.0. The minimum atomic E-state index is -3.18. The summed E-state index contributed by atoms with van der Waals surface area (Å²) in [6.45, 7) is 1.08. The smallest absolute Gasteiger partial charge is 0.178 e. The molecule has 1 atom stereocenters. The van der Waals surface area contributed by atoms with Crippen molar-refractivity contribution in [2.75, 3.05) is 25.1 Å². The van der Waals surface area contributed by atoms with Crippen molar-refractivity contribution in [1.29, 1.82) is 0 Å². The molecule has 0 aromatic heterocycles. The van der Waals surface area contributed by atoms with E-state index in [1.165, 1.54) is 12.8 Å². The molecule has 106 valence electrons. The average molecular weight is 282 g/mol. The van der Waals surface area contributed by atoms with Gasteiger partial charge in [-0.05, 0) is 57.1 Å². The lowest BCUT2D eigenvalue weighted by molar-refractivity contribution is 0.181. The van der Waals surface area contributed by atoms with Crippen LogP contribution < -0.4 is 5.73 Å². The number of nitrogens with zero attached hydrogens (tertiary/aromatic N) is 1. The summed E-state index contributed by atoms with van der Waals surface area (Å²) in [7, 11) is -1.10. The van der Waals surface area contributed by atoms with E-state index in [1.54, 1.807) is 24.3 Å². The fourth-order valence-corrected chi connectivity index (χ4v) is 3.96. The molecule has 0 amide bonds. The SMILES string of the molecule is CN1CCCCC1CCS(=O)(=O)c1ccc(N)cc1. The molecular weight excluding hydrogens is 260 g/mol. The van der Waals surface area contributed by atoms with Gasteiger partial charge in [-0.2, -0.15) is 0 Å². The van der Waals surface area contributed by atoms with Gasteiger partial charge >= 0.3 is 0 Å². The number of likely N-dealkylation sites (tertiary alicyclic amines) is 1. The molecule has 1 aliphatic rings. The summed E-state index contributed by atoms with van der Waals surface area (Å²) in [5, 5.41) is 0. The summed E-state index contributed by atoms with van der Waals surface area (Å²) in [4.78, 5) is 2.65. The van der Waals surface area contributed by atoms with Gasteiger partial charge in [0.15, 0.2) is 9.84 Å². The summed E-state index contributed by atoms with van der Waals surface area (Å²) in [5.41, 5.74) is 6.17. The summed E-state index contributed by atoms with van der Waals surface area (Å²) in [6.07, 6.45) is 4.24. The first-order valence-corrected chi connectivity index (χ1v) is 8.43. The highest BCUT2D eigenvalue weighted by Crippen LogP contribution is 2.21. The van der Waals surface area contributed by atoms with E-state index in [2.05, 4.69) is 11.9 Å². The Balaban J connectivity index is 1.99. The number of benzene rings is 1. The molecule has 1 aromatic rings. The van der Waals surface area contributed by atoms with Crippen LogP contribution in [0.4, 0.5) is 5.69 Å². The predicted molar refractivity (Wildman–Crippen MR) is 77.8 cm³/mol. The van der Waals surface area contributed by atoms with E-state index < -0.39 is 9.84 Å². The van der Waals surface area contributed by atoms with Gasteiger partial charge < -0.3 is 10.6 Å². The number of nitrogens with two attached hydrogens (primary N) is 1. The van der Waals surface area contributed by atoms with Crippen molar-refractivity contribution in [3.63, 3.8) is 0 Å². The molecule has 0 bridgehead atoms. The molecule has 0 radical (unpaired) electrons. The second-order valence-electron chi connectivity index (χ2n) is 5.31. The maximum Gasteiger partial charge on any atom is 0.178 e. The van der Waals surface area contributed by atoms with E-state index >= 15 is 0 Å². The van der Waals surface area contributed by atoms with Gasteiger partial charge in [0.05, 0.1) is 10.6 Å². The number of nitrogen functional groups attached to an aromatic ring is 1. The van der Waals surface area contributed by atoms with Gasteiger partial charge in [-0.25, -0.2) is 8.42 Å². The molecule has 2 rings (SSSR count). The van der Waals surface area contributed by atoms with Crippen LogP contribution in [0.2, 0.25) is 0 Å². The van der Waals surface area contributed by atoms with Crippen LogP contribution in [0.25, 0.3) is 0 Å². The van der Waals surface area contributed by atoms with E-state index in [1.807, 2.05) is 0 Å². The van der Waals surface area contributed by atoms with Gasteiger partial charge in [-0.3, -0.25) is 0 Å². The van der Waals surface area contributed by atoms with Gasteiger partial charge in [0, 0.05) is 11.7 Å². The van der Waals surface area contributed by atoms with Crippen LogP contribution >= 0.6 is 0 Å². The molecular formula is C14H22N2O2S. The Kier molecular flexibility index (Phi) is 4.47. The minimum absolute atomic E-state index is 0.214. The molecule has 0 saturated carbocycles. The van der Waals surface area contributed by atoms with E-state index in [9.17, 15) is 8.42 Å². The Hall–Kier alpha value is -1.07.